The first-order valence-electron chi connectivity index (χ1n) is 10.0. The first kappa shape index (κ1) is 20.8. The molecule has 8 nitrogen and oxygen atoms in total. The SMILES string of the molecule is C[C@H]1CN(Cc2nc3c(c(=O)n(C)c(=O)n3C)n2Cc2cccc(Cl)c2)C[C@H](C)O1. The second-order valence-corrected chi connectivity index (χ2v) is 8.51. The molecule has 1 aromatic carbocycles. The molecule has 1 aliphatic rings. The molecule has 0 saturated carbocycles. The van der Waals surface area contributed by atoms with Gasteiger partial charge in [0.25, 0.3) is 5.56 Å². The number of imidazole rings is 1. The van der Waals surface area contributed by atoms with Crippen molar-refractivity contribution in [2.45, 2.75) is 39.1 Å². The van der Waals surface area contributed by atoms with E-state index in [-0.39, 0.29) is 23.5 Å². The molecular formula is C21H26ClN5O3. The Morgan fingerprint density at radius 1 is 1.10 bits per heavy atom. The van der Waals surface area contributed by atoms with Crippen LogP contribution in [0.1, 0.15) is 25.2 Å². The highest BCUT2D eigenvalue weighted by Gasteiger charge is 2.26. The van der Waals surface area contributed by atoms with Gasteiger partial charge in [0.2, 0.25) is 0 Å². The van der Waals surface area contributed by atoms with Gasteiger partial charge in [-0.25, -0.2) is 9.78 Å². The number of ether oxygens (including phenoxy) is 1. The molecule has 0 unspecified atom stereocenters. The van der Waals surface area contributed by atoms with E-state index < -0.39 is 0 Å². The van der Waals surface area contributed by atoms with Gasteiger partial charge in [-0.15, -0.1) is 0 Å². The number of nitrogens with zero attached hydrogens (tertiary/aromatic N) is 5. The number of fused-ring (bicyclic) bond motifs is 1. The van der Waals surface area contributed by atoms with Gasteiger partial charge in [-0.2, -0.15) is 0 Å². The summed E-state index contributed by atoms with van der Waals surface area (Å²) in [6.07, 6.45) is 0.244. The fourth-order valence-corrected chi connectivity index (χ4v) is 4.43. The molecule has 0 radical (unpaired) electrons. The van der Waals surface area contributed by atoms with E-state index in [4.69, 9.17) is 21.3 Å². The molecule has 1 saturated heterocycles. The van der Waals surface area contributed by atoms with Crippen LogP contribution in [0.15, 0.2) is 33.9 Å². The van der Waals surface area contributed by atoms with Gasteiger partial charge in [0.1, 0.15) is 5.82 Å². The summed E-state index contributed by atoms with van der Waals surface area (Å²) < 4.78 is 10.3. The molecule has 160 valence electrons. The summed E-state index contributed by atoms with van der Waals surface area (Å²) in [5.74, 6) is 0.740. The Labute approximate surface area is 179 Å². The van der Waals surface area contributed by atoms with Crippen LogP contribution in [0.5, 0.6) is 0 Å². The van der Waals surface area contributed by atoms with E-state index in [1.54, 1.807) is 7.05 Å². The average Bonchev–Trinajstić information content (AvgIpc) is 3.02. The number of hydrogen-bond donors (Lipinski definition) is 0. The zero-order chi connectivity index (χ0) is 21.6. The molecule has 2 aromatic heterocycles. The molecule has 1 fully saturated rings. The maximum Gasteiger partial charge on any atom is 0.332 e. The monoisotopic (exact) mass is 431 g/mol. The van der Waals surface area contributed by atoms with E-state index in [2.05, 4.69) is 18.7 Å². The maximum atomic E-state index is 13.0. The van der Waals surface area contributed by atoms with Crippen LogP contribution < -0.4 is 11.2 Å². The largest absolute Gasteiger partial charge is 0.373 e. The van der Waals surface area contributed by atoms with Crippen LogP contribution in [0, 0.1) is 0 Å². The van der Waals surface area contributed by atoms with Crippen LogP contribution >= 0.6 is 11.6 Å². The predicted octanol–water partition coefficient (Wildman–Crippen LogP) is 1.74. The van der Waals surface area contributed by atoms with E-state index in [1.165, 1.54) is 11.6 Å². The number of aryl methyl sites for hydroxylation is 1. The Hall–Kier alpha value is -2.42. The Bertz CT molecular complexity index is 1200. The van der Waals surface area contributed by atoms with Gasteiger partial charge in [0.15, 0.2) is 11.2 Å². The highest BCUT2D eigenvalue weighted by Crippen LogP contribution is 2.20. The lowest BCUT2D eigenvalue weighted by Crippen LogP contribution is -2.45. The smallest absolute Gasteiger partial charge is 0.332 e. The molecule has 0 N–H and O–H groups in total. The summed E-state index contributed by atoms with van der Waals surface area (Å²) in [6, 6.07) is 7.54. The van der Waals surface area contributed by atoms with Gasteiger partial charge in [-0.3, -0.25) is 18.8 Å². The number of morpholine rings is 1. The zero-order valence-corrected chi connectivity index (χ0v) is 18.4. The molecule has 2 atom stereocenters. The van der Waals surface area contributed by atoms with Crippen LogP contribution in [-0.4, -0.2) is 48.9 Å². The van der Waals surface area contributed by atoms with Crippen LogP contribution in [0.25, 0.3) is 11.2 Å². The fraction of sp³-hybridized carbons (Fsp3) is 0.476. The minimum atomic E-state index is -0.389. The van der Waals surface area contributed by atoms with E-state index in [0.29, 0.717) is 29.3 Å². The molecule has 9 heteroatoms. The molecule has 0 aliphatic carbocycles. The Morgan fingerprint density at radius 2 is 1.80 bits per heavy atom. The van der Waals surface area contributed by atoms with Crippen molar-refractivity contribution in [2.24, 2.45) is 14.1 Å². The quantitative estimate of drug-likeness (QED) is 0.629. The second-order valence-electron chi connectivity index (χ2n) is 8.07. The zero-order valence-electron chi connectivity index (χ0n) is 17.6. The third-order valence-corrected chi connectivity index (χ3v) is 5.75. The minimum absolute atomic E-state index is 0.122. The van der Waals surface area contributed by atoms with Gasteiger partial charge >= 0.3 is 5.69 Å². The molecular weight excluding hydrogens is 406 g/mol. The fourth-order valence-electron chi connectivity index (χ4n) is 4.21. The lowest BCUT2D eigenvalue weighted by atomic mass is 10.2. The summed E-state index contributed by atoms with van der Waals surface area (Å²) in [5.41, 5.74) is 1.04. The van der Waals surface area contributed by atoms with Gasteiger partial charge < -0.3 is 9.30 Å². The molecule has 30 heavy (non-hydrogen) atoms. The highest BCUT2D eigenvalue weighted by atomic mass is 35.5. The van der Waals surface area contributed by atoms with E-state index in [1.807, 2.05) is 28.8 Å². The summed E-state index contributed by atoms with van der Waals surface area (Å²) >= 11 is 6.17. The average molecular weight is 432 g/mol. The van der Waals surface area contributed by atoms with E-state index in [0.717, 1.165) is 29.0 Å². The number of benzene rings is 1. The van der Waals surface area contributed by atoms with Crippen molar-refractivity contribution in [3.63, 3.8) is 0 Å². The molecule has 3 heterocycles. The minimum Gasteiger partial charge on any atom is -0.373 e. The topological polar surface area (TPSA) is 74.3 Å². The standard InChI is InChI=1S/C21H26ClN5O3/c1-13-9-26(10-14(2)30-13)12-17-23-19-18(20(28)25(4)21(29)24(19)3)27(17)11-15-6-5-7-16(22)8-15/h5-8,13-14H,9-12H2,1-4H3/t13-,14-/m0/s1. The second kappa shape index (κ2) is 8.02. The Balaban J connectivity index is 1.86. The van der Waals surface area contributed by atoms with Gasteiger partial charge in [-0.05, 0) is 31.5 Å². The number of rotatable bonds is 4. The van der Waals surface area contributed by atoms with Crippen LogP contribution in [0.3, 0.4) is 0 Å². The number of hydrogen-bond acceptors (Lipinski definition) is 5. The van der Waals surface area contributed by atoms with Gasteiger partial charge in [0.05, 0.1) is 18.8 Å². The normalized spacial score (nSPS) is 20.2. The van der Waals surface area contributed by atoms with Crippen molar-refractivity contribution in [2.75, 3.05) is 13.1 Å². The van der Waals surface area contributed by atoms with Crippen molar-refractivity contribution in [1.82, 2.24) is 23.6 Å². The first-order chi connectivity index (χ1) is 14.2. The molecule has 0 bridgehead atoms. The summed E-state index contributed by atoms with van der Waals surface area (Å²) in [5, 5.41) is 0.634. The van der Waals surface area contributed by atoms with Crippen LogP contribution in [0.2, 0.25) is 5.02 Å². The lowest BCUT2D eigenvalue weighted by Gasteiger charge is -2.35. The number of halogens is 1. The van der Waals surface area contributed by atoms with Crippen molar-refractivity contribution in [3.8, 4) is 0 Å². The van der Waals surface area contributed by atoms with Gasteiger partial charge in [0, 0.05) is 38.8 Å². The molecule has 3 aromatic rings. The Morgan fingerprint density at radius 3 is 2.47 bits per heavy atom. The van der Waals surface area contributed by atoms with Crippen molar-refractivity contribution >= 4 is 22.8 Å². The highest BCUT2D eigenvalue weighted by molar-refractivity contribution is 6.30. The summed E-state index contributed by atoms with van der Waals surface area (Å²) in [7, 11) is 3.13. The van der Waals surface area contributed by atoms with E-state index >= 15 is 0 Å². The molecule has 0 spiro atoms. The number of aromatic nitrogens is 4. The molecule has 1 aliphatic heterocycles. The van der Waals surface area contributed by atoms with Crippen molar-refractivity contribution in [1.29, 1.82) is 0 Å². The summed E-state index contributed by atoms with van der Waals surface area (Å²) in [6.45, 7) is 6.66. The molecule has 4 rings (SSSR count). The van der Waals surface area contributed by atoms with Crippen LogP contribution in [0.4, 0.5) is 0 Å². The van der Waals surface area contributed by atoms with E-state index in [9.17, 15) is 9.59 Å². The van der Waals surface area contributed by atoms with Crippen LogP contribution in [-0.2, 0) is 31.9 Å². The first-order valence-corrected chi connectivity index (χ1v) is 10.4. The maximum absolute atomic E-state index is 13.0. The van der Waals surface area contributed by atoms with Gasteiger partial charge in [-0.1, -0.05) is 23.7 Å². The predicted molar refractivity (Wildman–Crippen MR) is 116 cm³/mol. The summed E-state index contributed by atoms with van der Waals surface area (Å²) in [4.78, 5) is 32.5. The lowest BCUT2D eigenvalue weighted by molar-refractivity contribution is -0.0712. The van der Waals surface area contributed by atoms with Crippen molar-refractivity contribution < 1.29 is 4.74 Å². The van der Waals surface area contributed by atoms with Crippen molar-refractivity contribution in [3.05, 3.63) is 61.5 Å². The molecule has 0 amide bonds. The third-order valence-electron chi connectivity index (χ3n) is 5.52. The Kier molecular flexibility index (Phi) is 5.57. The third kappa shape index (κ3) is 3.82.